The SMILES string of the molecule is COC1=C(C#N)CCC(C2(F)CCC2)=C1C(=O)N1CC(c2ccc(C#N)cc2Cl)C1. The summed E-state index contributed by atoms with van der Waals surface area (Å²) >= 11 is 6.31. The van der Waals surface area contributed by atoms with E-state index in [0.29, 0.717) is 60.5 Å². The zero-order valence-corrected chi connectivity index (χ0v) is 17.4. The molecule has 154 valence electrons. The van der Waals surface area contributed by atoms with Crippen LogP contribution in [0.15, 0.2) is 40.7 Å². The maximum atomic E-state index is 15.4. The number of nitrogens with zero attached hydrogens (tertiary/aromatic N) is 3. The van der Waals surface area contributed by atoms with Gasteiger partial charge < -0.3 is 9.64 Å². The van der Waals surface area contributed by atoms with Crippen LogP contribution in [0.5, 0.6) is 0 Å². The largest absolute Gasteiger partial charge is 0.495 e. The predicted octanol–water partition coefficient (Wildman–Crippen LogP) is 4.54. The van der Waals surface area contributed by atoms with Crippen molar-refractivity contribution in [3.8, 4) is 12.1 Å². The third-order valence-corrected chi connectivity index (χ3v) is 6.73. The second-order valence-corrected chi connectivity index (χ2v) is 8.46. The highest BCUT2D eigenvalue weighted by atomic mass is 35.5. The first-order valence-electron chi connectivity index (χ1n) is 10.0. The molecule has 0 radical (unpaired) electrons. The Labute approximate surface area is 180 Å². The number of amides is 1. The van der Waals surface area contributed by atoms with Gasteiger partial charge in [-0.25, -0.2) is 4.39 Å². The van der Waals surface area contributed by atoms with Crippen molar-refractivity contribution in [2.75, 3.05) is 20.2 Å². The van der Waals surface area contributed by atoms with Crippen LogP contribution < -0.4 is 0 Å². The molecule has 3 aliphatic rings. The minimum atomic E-state index is -1.48. The summed E-state index contributed by atoms with van der Waals surface area (Å²) in [6.45, 7) is 0.888. The van der Waals surface area contributed by atoms with Crippen LogP contribution in [0.4, 0.5) is 4.39 Å². The summed E-state index contributed by atoms with van der Waals surface area (Å²) in [5.41, 5.74) is 0.997. The van der Waals surface area contributed by atoms with Crippen molar-refractivity contribution in [1.29, 1.82) is 10.5 Å². The Morgan fingerprint density at radius 3 is 2.53 bits per heavy atom. The Bertz CT molecular complexity index is 1050. The maximum Gasteiger partial charge on any atom is 0.257 e. The molecule has 2 aliphatic carbocycles. The lowest BCUT2D eigenvalue weighted by atomic mass is 9.70. The number of likely N-dealkylation sites (tertiary alicyclic amines) is 1. The third kappa shape index (κ3) is 3.26. The van der Waals surface area contributed by atoms with E-state index >= 15 is 4.39 Å². The molecule has 0 bridgehead atoms. The Morgan fingerprint density at radius 2 is 2.00 bits per heavy atom. The van der Waals surface area contributed by atoms with E-state index in [0.717, 1.165) is 12.0 Å². The molecule has 1 saturated carbocycles. The van der Waals surface area contributed by atoms with Gasteiger partial charge in [-0.05, 0) is 55.4 Å². The quantitative estimate of drug-likeness (QED) is 0.709. The molecule has 2 fully saturated rings. The van der Waals surface area contributed by atoms with Crippen LogP contribution >= 0.6 is 11.6 Å². The van der Waals surface area contributed by atoms with Gasteiger partial charge in [0.2, 0.25) is 0 Å². The van der Waals surface area contributed by atoms with Gasteiger partial charge in [-0.1, -0.05) is 17.7 Å². The summed E-state index contributed by atoms with van der Waals surface area (Å²) in [4.78, 5) is 15.0. The second kappa shape index (κ2) is 7.78. The molecular formula is C23H21ClFN3O2. The van der Waals surface area contributed by atoms with Crippen LogP contribution in [0.1, 0.15) is 49.1 Å². The molecule has 1 aromatic rings. The van der Waals surface area contributed by atoms with Crippen molar-refractivity contribution in [1.82, 2.24) is 4.90 Å². The number of ether oxygens (including phenoxy) is 1. The Kier molecular flexibility index (Phi) is 5.30. The molecule has 0 N–H and O–H groups in total. The van der Waals surface area contributed by atoms with Crippen LogP contribution in [0, 0.1) is 22.7 Å². The first-order valence-corrected chi connectivity index (χ1v) is 10.4. The molecule has 1 heterocycles. The van der Waals surface area contributed by atoms with Crippen molar-refractivity contribution < 1.29 is 13.9 Å². The molecule has 1 amide bonds. The fraction of sp³-hybridized carbons (Fsp3) is 0.435. The summed E-state index contributed by atoms with van der Waals surface area (Å²) in [5.74, 6) is -0.0259. The summed E-state index contributed by atoms with van der Waals surface area (Å²) in [5, 5.41) is 19.0. The van der Waals surface area contributed by atoms with Gasteiger partial charge in [-0.15, -0.1) is 0 Å². The molecule has 1 aliphatic heterocycles. The summed E-state index contributed by atoms with van der Waals surface area (Å²) in [7, 11) is 1.42. The number of carbonyl (C=O) groups is 1. The van der Waals surface area contributed by atoms with Gasteiger partial charge in [0.25, 0.3) is 5.91 Å². The van der Waals surface area contributed by atoms with Crippen LogP contribution in [-0.2, 0) is 9.53 Å². The molecule has 1 aromatic carbocycles. The molecule has 0 spiro atoms. The lowest BCUT2D eigenvalue weighted by Gasteiger charge is -2.43. The summed E-state index contributed by atoms with van der Waals surface area (Å²) < 4.78 is 20.8. The highest BCUT2D eigenvalue weighted by Crippen LogP contribution is 2.49. The fourth-order valence-electron chi connectivity index (χ4n) is 4.50. The van der Waals surface area contributed by atoms with E-state index in [2.05, 4.69) is 12.1 Å². The highest BCUT2D eigenvalue weighted by molar-refractivity contribution is 6.31. The predicted molar refractivity (Wildman–Crippen MR) is 109 cm³/mol. The lowest BCUT2D eigenvalue weighted by Crippen LogP contribution is -2.50. The minimum Gasteiger partial charge on any atom is -0.495 e. The van der Waals surface area contributed by atoms with E-state index in [4.69, 9.17) is 21.6 Å². The highest BCUT2D eigenvalue weighted by Gasteiger charge is 2.47. The Morgan fingerprint density at radius 1 is 1.27 bits per heavy atom. The zero-order chi connectivity index (χ0) is 21.5. The van der Waals surface area contributed by atoms with Crippen molar-refractivity contribution >= 4 is 17.5 Å². The van der Waals surface area contributed by atoms with Crippen LogP contribution in [-0.4, -0.2) is 36.7 Å². The van der Waals surface area contributed by atoms with Gasteiger partial charge in [0.05, 0.1) is 36.0 Å². The van der Waals surface area contributed by atoms with E-state index in [1.807, 2.05) is 6.07 Å². The normalized spacial score (nSPS) is 20.8. The summed E-state index contributed by atoms with van der Waals surface area (Å²) in [6.07, 6.45) is 2.36. The molecule has 1 saturated heterocycles. The van der Waals surface area contributed by atoms with E-state index < -0.39 is 5.67 Å². The first-order chi connectivity index (χ1) is 14.4. The standard InChI is InChI=1S/C23H21ClFN3O2/c1-30-21-15(11-27)4-6-18(23(25)7-2-8-23)20(21)22(29)28-12-16(13-28)17-5-3-14(10-26)9-19(17)24/h3,5,9,16H,2,4,6-8,12-13H2,1H3. The molecule has 0 unspecified atom stereocenters. The van der Waals surface area contributed by atoms with Gasteiger partial charge in [0, 0.05) is 24.0 Å². The van der Waals surface area contributed by atoms with Gasteiger partial charge in [-0.2, -0.15) is 10.5 Å². The second-order valence-electron chi connectivity index (χ2n) is 8.05. The van der Waals surface area contributed by atoms with E-state index in [1.165, 1.54) is 7.11 Å². The number of nitriles is 2. The Hall–Kier alpha value is -2.83. The number of carbonyl (C=O) groups excluding carboxylic acids is 1. The van der Waals surface area contributed by atoms with Crippen molar-refractivity contribution in [2.45, 2.75) is 43.7 Å². The number of allylic oxidation sites excluding steroid dienone is 2. The van der Waals surface area contributed by atoms with Gasteiger partial charge in [-0.3, -0.25) is 4.79 Å². The van der Waals surface area contributed by atoms with Crippen LogP contribution in [0.2, 0.25) is 5.02 Å². The number of hydrogen-bond donors (Lipinski definition) is 0. The topological polar surface area (TPSA) is 77.1 Å². The van der Waals surface area contributed by atoms with Crippen LogP contribution in [0.3, 0.4) is 0 Å². The van der Waals surface area contributed by atoms with Gasteiger partial charge in [0.15, 0.2) is 0 Å². The van der Waals surface area contributed by atoms with E-state index in [1.54, 1.807) is 17.0 Å². The monoisotopic (exact) mass is 425 g/mol. The number of alkyl halides is 1. The molecule has 7 heteroatoms. The first kappa shape index (κ1) is 20.4. The van der Waals surface area contributed by atoms with E-state index in [-0.39, 0.29) is 23.2 Å². The molecule has 0 aromatic heterocycles. The van der Waals surface area contributed by atoms with Gasteiger partial charge in [0.1, 0.15) is 11.4 Å². The zero-order valence-electron chi connectivity index (χ0n) is 16.7. The number of rotatable bonds is 4. The lowest BCUT2D eigenvalue weighted by molar-refractivity contribution is -0.131. The number of methoxy groups -OCH3 is 1. The molecular weight excluding hydrogens is 405 g/mol. The fourth-order valence-corrected chi connectivity index (χ4v) is 4.83. The molecule has 5 nitrogen and oxygen atoms in total. The molecule has 4 rings (SSSR count). The smallest absolute Gasteiger partial charge is 0.257 e. The average Bonchev–Trinajstić information content (AvgIpc) is 2.70. The maximum absolute atomic E-state index is 15.4. The summed E-state index contributed by atoms with van der Waals surface area (Å²) in [6, 6.07) is 9.31. The van der Waals surface area contributed by atoms with Gasteiger partial charge >= 0.3 is 0 Å². The number of benzene rings is 1. The third-order valence-electron chi connectivity index (χ3n) is 6.41. The van der Waals surface area contributed by atoms with Crippen molar-refractivity contribution in [2.24, 2.45) is 0 Å². The van der Waals surface area contributed by atoms with E-state index in [9.17, 15) is 10.1 Å². The van der Waals surface area contributed by atoms with Crippen molar-refractivity contribution in [3.05, 3.63) is 56.8 Å². The molecule has 30 heavy (non-hydrogen) atoms. The number of halogens is 2. The Balaban J connectivity index is 1.61. The number of hydrogen-bond acceptors (Lipinski definition) is 4. The van der Waals surface area contributed by atoms with Crippen molar-refractivity contribution in [3.63, 3.8) is 0 Å². The van der Waals surface area contributed by atoms with Crippen LogP contribution in [0.25, 0.3) is 0 Å². The minimum absolute atomic E-state index is 0.0512. The molecule has 0 atom stereocenters. The average molecular weight is 426 g/mol.